The van der Waals surface area contributed by atoms with Crippen LogP contribution >= 0.6 is 0 Å². The molecule has 0 spiro atoms. The predicted octanol–water partition coefficient (Wildman–Crippen LogP) is 0.817. The van der Waals surface area contributed by atoms with E-state index in [4.69, 9.17) is 14.2 Å². The van der Waals surface area contributed by atoms with Crippen LogP contribution in [-0.4, -0.2) is 27.9 Å². The highest BCUT2D eigenvalue weighted by Crippen LogP contribution is 2.30. The van der Waals surface area contributed by atoms with Crippen molar-refractivity contribution in [3.63, 3.8) is 0 Å². The minimum absolute atomic E-state index is 0.324. The van der Waals surface area contributed by atoms with Gasteiger partial charge in [0.15, 0.2) is 11.5 Å². The van der Waals surface area contributed by atoms with E-state index in [1.807, 2.05) is 6.07 Å². The Kier molecular flexibility index (Phi) is 3.92. The fourth-order valence-electron chi connectivity index (χ4n) is 4.27. The van der Waals surface area contributed by atoms with Gasteiger partial charge in [-0.2, -0.15) is 0 Å². The molecule has 0 saturated heterocycles. The Morgan fingerprint density at radius 3 is 2.56 bits per heavy atom. The van der Waals surface area contributed by atoms with Gasteiger partial charge in [0, 0.05) is 12.0 Å². The molecule has 0 aromatic heterocycles. The normalized spacial score (nSPS) is 20.7. The van der Waals surface area contributed by atoms with Crippen LogP contribution in [0.2, 0.25) is 0 Å². The second-order valence-corrected chi connectivity index (χ2v) is 6.66. The summed E-state index contributed by atoms with van der Waals surface area (Å²) in [4.78, 5) is 1.44. The highest BCUT2D eigenvalue weighted by atomic mass is 16.5. The summed E-state index contributed by atoms with van der Waals surface area (Å²) < 4.78 is 16.6. The second-order valence-electron chi connectivity index (χ2n) is 6.66. The Bertz CT molecular complexity index is 948. The fraction of sp³-hybridized carbons (Fsp3) is 0.333. The van der Waals surface area contributed by atoms with Gasteiger partial charge in [-0.1, -0.05) is 12.1 Å². The third kappa shape index (κ3) is 2.40. The van der Waals surface area contributed by atoms with Crippen molar-refractivity contribution in [3.8, 4) is 17.2 Å². The van der Waals surface area contributed by atoms with Crippen molar-refractivity contribution in [3.05, 3.63) is 51.9 Å². The summed E-state index contributed by atoms with van der Waals surface area (Å²) in [5.74, 6) is 2.52. The van der Waals surface area contributed by atoms with Crippen LogP contribution in [0.25, 0.3) is 11.8 Å². The first-order chi connectivity index (χ1) is 12.2. The van der Waals surface area contributed by atoms with Gasteiger partial charge < -0.3 is 14.2 Å². The number of benzene rings is 2. The molecule has 2 unspecified atom stereocenters. The van der Waals surface area contributed by atoms with Gasteiger partial charge >= 0.3 is 0 Å². The molecular weight excluding hydrogens is 314 g/mol. The lowest BCUT2D eigenvalue weighted by atomic mass is 9.86. The molecule has 1 N–H and O–H groups in total. The Labute approximate surface area is 147 Å². The van der Waals surface area contributed by atoms with Gasteiger partial charge in [-0.15, -0.1) is 0 Å². The van der Waals surface area contributed by atoms with Crippen LogP contribution < -0.4 is 29.5 Å². The maximum atomic E-state index is 5.67. The Hall–Kier alpha value is -2.46. The Morgan fingerprint density at radius 1 is 1.00 bits per heavy atom. The van der Waals surface area contributed by atoms with E-state index in [0.29, 0.717) is 6.04 Å². The molecule has 4 nitrogen and oxygen atoms in total. The van der Waals surface area contributed by atoms with E-state index in [2.05, 4.69) is 37.4 Å². The second kappa shape index (κ2) is 6.12. The average Bonchev–Trinajstić information content (AvgIpc) is 2.66. The Balaban J connectivity index is 1.97. The van der Waals surface area contributed by atoms with Crippen molar-refractivity contribution in [1.29, 1.82) is 0 Å². The maximum Gasteiger partial charge on any atom is 0.173 e. The number of rotatable bonds is 3. The zero-order chi connectivity index (χ0) is 17.6. The topological polar surface area (TPSA) is 32.1 Å². The Morgan fingerprint density at radius 2 is 1.84 bits per heavy atom. The molecule has 0 aliphatic carbocycles. The summed E-state index contributed by atoms with van der Waals surface area (Å²) in [7, 11) is 5.12. The number of ether oxygens (including phenoxy) is 3. The first kappa shape index (κ1) is 16.0. The zero-order valence-corrected chi connectivity index (χ0v) is 15.2. The van der Waals surface area contributed by atoms with Gasteiger partial charge in [0.05, 0.1) is 33.1 Å². The van der Waals surface area contributed by atoms with E-state index in [-0.39, 0.29) is 0 Å². The largest absolute Gasteiger partial charge is 0.497 e. The van der Waals surface area contributed by atoms with Crippen LogP contribution in [0.1, 0.15) is 24.1 Å². The minimum Gasteiger partial charge on any atom is -0.497 e. The van der Waals surface area contributed by atoms with Crippen LogP contribution in [0, 0.1) is 0 Å². The average molecular weight is 338 g/mol. The highest BCUT2D eigenvalue weighted by molar-refractivity contribution is 5.60. The number of methoxy groups -OCH3 is 3. The fourth-order valence-corrected chi connectivity index (χ4v) is 4.27. The van der Waals surface area contributed by atoms with E-state index >= 15 is 0 Å². The number of fused-ring (bicyclic) bond motifs is 4. The molecule has 4 heteroatoms. The minimum atomic E-state index is 0.324. The highest BCUT2D eigenvalue weighted by Gasteiger charge is 2.34. The number of nitrogens with one attached hydrogen (secondary N) is 1. The van der Waals surface area contributed by atoms with Crippen molar-refractivity contribution < 1.29 is 19.1 Å². The smallest absolute Gasteiger partial charge is 0.173 e. The van der Waals surface area contributed by atoms with E-state index in [9.17, 15) is 0 Å². The van der Waals surface area contributed by atoms with E-state index in [1.54, 1.807) is 21.3 Å². The third-order valence-corrected chi connectivity index (χ3v) is 5.49. The van der Waals surface area contributed by atoms with E-state index < -0.39 is 0 Å². The lowest BCUT2D eigenvalue weighted by Crippen LogP contribution is -3.10. The van der Waals surface area contributed by atoms with Crippen LogP contribution in [0.15, 0.2) is 30.3 Å². The summed E-state index contributed by atoms with van der Waals surface area (Å²) in [6.45, 7) is 3.30. The van der Waals surface area contributed by atoms with Crippen molar-refractivity contribution in [2.24, 2.45) is 0 Å². The lowest BCUT2D eigenvalue weighted by Gasteiger charge is -2.35. The SMILES string of the molecule is COc1ccc2c(c1)C1C(C)=c3ccc(OC)c(OC)c3=C[NH+]1CC2. The van der Waals surface area contributed by atoms with Gasteiger partial charge in [-0.25, -0.2) is 0 Å². The summed E-state index contributed by atoms with van der Waals surface area (Å²) in [6, 6.07) is 10.9. The van der Waals surface area contributed by atoms with Crippen molar-refractivity contribution in [2.75, 3.05) is 27.9 Å². The van der Waals surface area contributed by atoms with Crippen LogP contribution in [-0.2, 0) is 6.42 Å². The molecule has 0 saturated carbocycles. The molecule has 2 aromatic carbocycles. The lowest BCUT2D eigenvalue weighted by molar-refractivity contribution is -0.845. The van der Waals surface area contributed by atoms with E-state index in [1.165, 1.54) is 26.8 Å². The first-order valence-electron chi connectivity index (χ1n) is 8.64. The summed E-state index contributed by atoms with van der Waals surface area (Å²) >= 11 is 0. The predicted molar refractivity (Wildman–Crippen MR) is 97.6 cm³/mol. The number of hydrogen-bond acceptors (Lipinski definition) is 3. The van der Waals surface area contributed by atoms with E-state index in [0.717, 1.165) is 35.4 Å². The molecule has 2 atom stereocenters. The third-order valence-electron chi connectivity index (χ3n) is 5.49. The standard InChI is InChI=1S/C21H23NO3/c1-13-16-7-8-19(24-3)21(25-4)18(16)12-22-10-9-14-5-6-15(23-2)11-17(14)20(13)22/h5-8,11-12,20H,9-10H2,1-4H3/p+1. The quantitative estimate of drug-likeness (QED) is 0.899. The van der Waals surface area contributed by atoms with Crippen molar-refractivity contribution in [1.82, 2.24) is 0 Å². The van der Waals surface area contributed by atoms with Crippen molar-refractivity contribution in [2.45, 2.75) is 19.4 Å². The molecule has 4 rings (SSSR count). The molecule has 0 radical (unpaired) electrons. The molecule has 0 fully saturated rings. The summed E-state index contributed by atoms with van der Waals surface area (Å²) in [6.07, 6.45) is 3.37. The van der Waals surface area contributed by atoms with Crippen molar-refractivity contribution >= 4 is 11.8 Å². The molecule has 0 bridgehead atoms. The molecule has 130 valence electrons. The number of hydrogen-bond donors (Lipinski definition) is 1. The molecular formula is C21H24NO3+. The van der Waals surface area contributed by atoms with Gasteiger partial charge in [0.25, 0.3) is 0 Å². The first-order valence-corrected chi connectivity index (χ1v) is 8.64. The van der Waals surface area contributed by atoms with Crippen LogP contribution in [0.3, 0.4) is 0 Å². The van der Waals surface area contributed by atoms with Gasteiger partial charge in [0.1, 0.15) is 18.0 Å². The van der Waals surface area contributed by atoms with Crippen LogP contribution in [0.4, 0.5) is 0 Å². The summed E-state index contributed by atoms with van der Waals surface area (Å²) in [5, 5.41) is 2.37. The number of quaternary nitrogens is 1. The summed E-state index contributed by atoms with van der Waals surface area (Å²) in [5.41, 5.74) is 4.16. The molecule has 2 heterocycles. The molecule has 25 heavy (non-hydrogen) atoms. The molecule has 2 aromatic rings. The van der Waals surface area contributed by atoms with Gasteiger partial charge in [-0.3, -0.25) is 4.90 Å². The van der Waals surface area contributed by atoms with Crippen LogP contribution in [0.5, 0.6) is 17.2 Å². The zero-order valence-electron chi connectivity index (χ0n) is 15.2. The molecule has 2 aliphatic heterocycles. The molecule has 0 amide bonds. The molecule has 2 aliphatic rings. The van der Waals surface area contributed by atoms with Gasteiger partial charge in [0.2, 0.25) is 0 Å². The maximum absolute atomic E-state index is 5.67. The van der Waals surface area contributed by atoms with Gasteiger partial charge in [-0.05, 0) is 41.5 Å². The monoisotopic (exact) mass is 338 g/mol.